The molecule has 0 aliphatic heterocycles. The highest BCUT2D eigenvalue weighted by atomic mass is 79.9. The third-order valence-electron chi connectivity index (χ3n) is 2.82. The molecule has 0 spiro atoms. The van der Waals surface area contributed by atoms with E-state index in [0.717, 1.165) is 19.8 Å². The van der Waals surface area contributed by atoms with Crippen LogP contribution in [-0.4, -0.2) is 31.1 Å². The molecule has 2 rings (SSSR count). The molecule has 0 bridgehead atoms. The lowest BCUT2D eigenvalue weighted by molar-refractivity contribution is -0.152. The minimum atomic E-state index is -0.380. The second-order valence-electron chi connectivity index (χ2n) is 4.22. The van der Waals surface area contributed by atoms with Crippen LogP contribution in [0, 0.1) is 0 Å². The Balaban J connectivity index is 2.25. The highest BCUT2D eigenvalue weighted by Crippen LogP contribution is 2.37. The van der Waals surface area contributed by atoms with Crippen LogP contribution in [0.3, 0.4) is 0 Å². The van der Waals surface area contributed by atoms with Gasteiger partial charge in [0.05, 0.1) is 4.47 Å². The van der Waals surface area contributed by atoms with Gasteiger partial charge in [0.25, 0.3) is 0 Å². The molecule has 0 atom stereocenters. The van der Waals surface area contributed by atoms with Gasteiger partial charge in [-0.3, -0.25) is 4.98 Å². The predicted molar refractivity (Wildman–Crippen MR) is 89.7 cm³/mol. The molecule has 21 heavy (non-hydrogen) atoms. The first-order valence-electron chi connectivity index (χ1n) is 6.76. The molecule has 114 valence electrons. The first-order chi connectivity index (χ1) is 10.2. The Morgan fingerprint density at radius 3 is 2.52 bits per heavy atom. The fraction of sp³-hybridized carbons (Fsp3) is 0.400. The Hall–Kier alpha value is -0.690. The largest absolute Gasteiger partial charge is 0.485 e. The molecule has 0 aliphatic carbocycles. The Morgan fingerprint density at radius 2 is 1.86 bits per heavy atom. The lowest BCUT2D eigenvalue weighted by Gasteiger charge is -2.19. The minimum absolute atomic E-state index is 0.313. The van der Waals surface area contributed by atoms with E-state index in [4.69, 9.17) is 14.2 Å². The second kappa shape index (κ2) is 8.08. The molecule has 4 nitrogen and oxygen atoms in total. The molecule has 0 fully saturated rings. The minimum Gasteiger partial charge on any atom is -0.485 e. The van der Waals surface area contributed by atoms with Crippen LogP contribution in [-0.2, 0) is 9.47 Å². The van der Waals surface area contributed by atoms with Gasteiger partial charge in [0.1, 0.15) is 12.1 Å². The highest BCUT2D eigenvalue weighted by Gasteiger charge is 2.15. The summed E-state index contributed by atoms with van der Waals surface area (Å²) in [5, 5.41) is 1.00. The number of nitrogens with zero attached hydrogens (tertiary/aromatic N) is 1. The van der Waals surface area contributed by atoms with E-state index in [-0.39, 0.29) is 6.29 Å². The molecule has 0 saturated carbocycles. The van der Waals surface area contributed by atoms with Crippen LogP contribution >= 0.6 is 31.9 Å². The Labute approximate surface area is 141 Å². The summed E-state index contributed by atoms with van der Waals surface area (Å²) >= 11 is 7.06. The summed E-state index contributed by atoms with van der Waals surface area (Å²) < 4.78 is 18.7. The maximum absolute atomic E-state index is 5.89. The summed E-state index contributed by atoms with van der Waals surface area (Å²) in [5.74, 6) is 0.693. The molecule has 0 aliphatic rings. The second-order valence-corrected chi connectivity index (χ2v) is 5.93. The van der Waals surface area contributed by atoms with Crippen molar-refractivity contribution in [3.05, 3.63) is 33.3 Å². The number of pyridine rings is 1. The zero-order chi connectivity index (χ0) is 15.2. The van der Waals surface area contributed by atoms with E-state index in [1.54, 1.807) is 6.20 Å². The molecule has 1 heterocycles. The van der Waals surface area contributed by atoms with Crippen molar-refractivity contribution in [2.75, 3.05) is 19.8 Å². The highest BCUT2D eigenvalue weighted by molar-refractivity contribution is 9.11. The molecule has 0 amide bonds. The molecule has 6 heteroatoms. The maximum atomic E-state index is 5.89. The van der Waals surface area contributed by atoms with Gasteiger partial charge in [-0.05, 0) is 41.9 Å². The van der Waals surface area contributed by atoms with Gasteiger partial charge in [-0.15, -0.1) is 0 Å². The normalized spacial score (nSPS) is 11.3. The first kappa shape index (κ1) is 16.7. The number of rotatable bonds is 7. The number of hydrogen-bond donors (Lipinski definition) is 0. The predicted octanol–water partition coefficient (Wildman–Crippen LogP) is 4.54. The molecule has 0 radical (unpaired) electrons. The van der Waals surface area contributed by atoms with Gasteiger partial charge in [0, 0.05) is 29.3 Å². The Morgan fingerprint density at radius 1 is 1.14 bits per heavy atom. The number of ether oxygens (including phenoxy) is 3. The molecule has 0 unspecified atom stereocenters. The zero-order valence-electron chi connectivity index (χ0n) is 11.9. The zero-order valence-corrected chi connectivity index (χ0v) is 15.1. The molecule has 0 N–H and O–H groups in total. The third kappa shape index (κ3) is 4.16. The number of aromatic nitrogens is 1. The lowest BCUT2D eigenvalue weighted by Crippen LogP contribution is -2.25. The fourth-order valence-electron chi connectivity index (χ4n) is 1.95. The van der Waals surface area contributed by atoms with Gasteiger partial charge >= 0.3 is 0 Å². The van der Waals surface area contributed by atoms with Crippen LogP contribution in [0.25, 0.3) is 10.9 Å². The van der Waals surface area contributed by atoms with Crippen LogP contribution in [0.4, 0.5) is 0 Å². The van der Waals surface area contributed by atoms with Crippen LogP contribution in [0.5, 0.6) is 5.75 Å². The van der Waals surface area contributed by atoms with Gasteiger partial charge in [-0.2, -0.15) is 0 Å². The van der Waals surface area contributed by atoms with E-state index >= 15 is 0 Å². The molecule has 1 aromatic heterocycles. The molecule has 0 saturated heterocycles. The van der Waals surface area contributed by atoms with Crippen molar-refractivity contribution in [2.45, 2.75) is 20.1 Å². The Bertz CT molecular complexity index is 601. The van der Waals surface area contributed by atoms with E-state index in [1.807, 2.05) is 32.0 Å². The summed E-state index contributed by atoms with van der Waals surface area (Å²) in [5.41, 5.74) is 0.797. The van der Waals surface area contributed by atoms with Crippen LogP contribution in [0.1, 0.15) is 13.8 Å². The average Bonchev–Trinajstić information content (AvgIpc) is 2.47. The van der Waals surface area contributed by atoms with E-state index in [2.05, 4.69) is 36.8 Å². The van der Waals surface area contributed by atoms with E-state index in [1.165, 1.54) is 0 Å². The van der Waals surface area contributed by atoms with Crippen molar-refractivity contribution in [3.63, 3.8) is 0 Å². The molecule has 1 aromatic carbocycles. The van der Waals surface area contributed by atoms with Crippen molar-refractivity contribution >= 4 is 42.8 Å². The van der Waals surface area contributed by atoms with E-state index in [0.29, 0.717) is 25.6 Å². The van der Waals surface area contributed by atoms with Crippen molar-refractivity contribution in [3.8, 4) is 5.75 Å². The van der Waals surface area contributed by atoms with E-state index < -0.39 is 0 Å². The lowest BCUT2D eigenvalue weighted by atomic mass is 10.2. The maximum Gasteiger partial charge on any atom is 0.191 e. The summed E-state index contributed by atoms with van der Waals surface area (Å²) in [6.45, 7) is 5.33. The van der Waals surface area contributed by atoms with Gasteiger partial charge < -0.3 is 14.2 Å². The van der Waals surface area contributed by atoms with Crippen molar-refractivity contribution in [1.82, 2.24) is 4.98 Å². The SMILES string of the molecule is CCOC(COc1c(Br)cc(Br)c2cccnc12)OCC. The number of hydrogen-bond acceptors (Lipinski definition) is 4. The van der Waals surface area contributed by atoms with Crippen LogP contribution in [0.15, 0.2) is 33.3 Å². The number of halogens is 2. The van der Waals surface area contributed by atoms with E-state index in [9.17, 15) is 0 Å². The van der Waals surface area contributed by atoms with Gasteiger partial charge in [-0.1, -0.05) is 22.0 Å². The fourth-order valence-corrected chi connectivity index (χ4v) is 3.34. The van der Waals surface area contributed by atoms with Crippen molar-refractivity contribution < 1.29 is 14.2 Å². The third-order valence-corrected chi connectivity index (χ3v) is 4.06. The summed E-state index contributed by atoms with van der Waals surface area (Å²) in [4.78, 5) is 4.41. The molecular weight excluding hydrogens is 402 g/mol. The summed E-state index contributed by atoms with van der Waals surface area (Å²) in [7, 11) is 0. The smallest absolute Gasteiger partial charge is 0.191 e. The monoisotopic (exact) mass is 417 g/mol. The molecular formula is C15H17Br2NO3. The quantitative estimate of drug-likeness (QED) is 0.619. The number of fused-ring (bicyclic) bond motifs is 1. The van der Waals surface area contributed by atoms with Crippen LogP contribution in [0.2, 0.25) is 0 Å². The van der Waals surface area contributed by atoms with Crippen molar-refractivity contribution in [1.29, 1.82) is 0 Å². The van der Waals surface area contributed by atoms with Gasteiger partial charge in [0.2, 0.25) is 0 Å². The standard InChI is InChI=1S/C15H17Br2NO3/c1-3-19-13(20-4-2)9-21-15-12(17)8-11(16)10-6-5-7-18-14(10)15/h5-8,13H,3-4,9H2,1-2H3. The summed E-state index contributed by atoms with van der Waals surface area (Å²) in [6.07, 6.45) is 1.37. The number of benzene rings is 1. The van der Waals surface area contributed by atoms with Crippen LogP contribution < -0.4 is 4.74 Å². The molecule has 2 aromatic rings. The van der Waals surface area contributed by atoms with Crippen molar-refractivity contribution in [2.24, 2.45) is 0 Å². The van der Waals surface area contributed by atoms with Gasteiger partial charge in [0.15, 0.2) is 12.0 Å². The summed E-state index contributed by atoms with van der Waals surface area (Å²) in [6, 6.07) is 5.85. The first-order valence-corrected chi connectivity index (χ1v) is 8.34. The topological polar surface area (TPSA) is 40.6 Å². The average molecular weight is 419 g/mol. The van der Waals surface area contributed by atoms with Gasteiger partial charge in [-0.25, -0.2) is 0 Å². The Kier molecular flexibility index (Phi) is 6.41.